The molecule has 0 amide bonds. The Labute approximate surface area is 160 Å². The molecule has 27 heavy (non-hydrogen) atoms. The molecular weight excluding hydrogens is 338 g/mol. The van der Waals surface area contributed by atoms with Gasteiger partial charge in [-0.15, -0.1) is 0 Å². The second-order valence-corrected chi connectivity index (χ2v) is 6.39. The van der Waals surface area contributed by atoms with Crippen molar-refractivity contribution < 1.29 is 4.42 Å². The zero-order valence-corrected chi connectivity index (χ0v) is 15.7. The van der Waals surface area contributed by atoms with Gasteiger partial charge >= 0.3 is 0 Å². The quantitative estimate of drug-likeness (QED) is 0.346. The molecule has 0 saturated carbocycles. The molecule has 6 heteroatoms. The lowest BCUT2D eigenvalue weighted by atomic mass is 10.1. The Bertz CT molecular complexity index is 781. The molecule has 1 unspecified atom stereocenters. The van der Waals surface area contributed by atoms with Gasteiger partial charge in [-0.05, 0) is 37.1 Å². The van der Waals surface area contributed by atoms with Crippen LogP contribution in [0.25, 0.3) is 0 Å². The van der Waals surface area contributed by atoms with Crippen LogP contribution in [-0.4, -0.2) is 28.8 Å². The van der Waals surface area contributed by atoms with Crippen LogP contribution in [0.15, 0.2) is 76.6 Å². The fourth-order valence-electron chi connectivity index (χ4n) is 2.80. The molecule has 2 N–H and O–H groups in total. The Kier molecular flexibility index (Phi) is 7.09. The van der Waals surface area contributed by atoms with Crippen molar-refractivity contribution in [2.45, 2.75) is 32.4 Å². The van der Waals surface area contributed by atoms with E-state index in [0.717, 1.165) is 44.2 Å². The van der Waals surface area contributed by atoms with Crippen LogP contribution in [0.3, 0.4) is 0 Å². The molecule has 0 saturated heterocycles. The first-order valence-electron chi connectivity index (χ1n) is 9.41. The van der Waals surface area contributed by atoms with Gasteiger partial charge in [0.05, 0.1) is 12.3 Å². The molecule has 2 aromatic heterocycles. The van der Waals surface area contributed by atoms with Gasteiger partial charge in [-0.3, -0.25) is 9.67 Å². The van der Waals surface area contributed by atoms with Crippen LogP contribution in [0.1, 0.15) is 30.7 Å². The predicted molar refractivity (Wildman–Crippen MR) is 108 cm³/mol. The summed E-state index contributed by atoms with van der Waals surface area (Å²) in [5, 5.41) is 11.1. The van der Waals surface area contributed by atoms with E-state index in [9.17, 15) is 0 Å². The van der Waals surface area contributed by atoms with Crippen molar-refractivity contribution >= 4 is 5.96 Å². The predicted octanol–water partition coefficient (Wildman–Crippen LogP) is 3.41. The van der Waals surface area contributed by atoms with Crippen molar-refractivity contribution in [3.8, 4) is 0 Å². The summed E-state index contributed by atoms with van der Waals surface area (Å²) in [5.41, 5.74) is 1.23. The van der Waals surface area contributed by atoms with E-state index in [2.05, 4.69) is 46.9 Å². The number of aliphatic imine (C=N–C) groups is 1. The summed E-state index contributed by atoms with van der Waals surface area (Å²) in [6, 6.07) is 16.4. The van der Waals surface area contributed by atoms with Gasteiger partial charge in [-0.2, -0.15) is 5.10 Å². The van der Waals surface area contributed by atoms with E-state index in [1.807, 2.05) is 35.1 Å². The van der Waals surface area contributed by atoms with E-state index in [1.165, 1.54) is 5.56 Å². The Hall–Kier alpha value is -3.02. The molecule has 1 atom stereocenters. The van der Waals surface area contributed by atoms with Crippen LogP contribution >= 0.6 is 0 Å². The number of guanidine groups is 1. The highest BCUT2D eigenvalue weighted by molar-refractivity contribution is 5.80. The number of aryl methyl sites for hydroxylation is 1. The van der Waals surface area contributed by atoms with Crippen molar-refractivity contribution in [3.05, 3.63) is 78.5 Å². The smallest absolute Gasteiger partial charge is 0.191 e. The van der Waals surface area contributed by atoms with Crippen LogP contribution in [0.2, 0.25) is 0 Å². The molecule has 0 spiro atoms. The number of aromatic nitrogens is 2. The third-order valence-electron chi connectivity index (χ3n) is 4.27. The fourth-order valence-corrected chi connectivity index (χ4v) is 2.80. The highest BCUT2D eigenvalue weighted by Gasteiger charge is 2.08. The number of benzene rings is 1. The Morgan fingerprint density at radius 3 is 2.81 bits per heavy atom. The van der Waals surface area contributed by atoms with E-state index >= 15 is 0 Å². The van der Waals surface area contributed by atoms with Gasteiger partial charge in [-0.1, -0.05) is 30.3 Å². The van der Waals surface area contributed by atoms with Crippen LogP contribution in [-0.2, 0) is 13.0 Å². The van der Waals surface area contributed by atoms with Gasteiger partial charge in [0, 0.05) is 38.4 Å². The minimum Gasteiger partial charge on any atom is -0.469 e. The van der Waals surface area contributed by atoms with Crippen LogP contribution in [0, 0.1) is 0 Å². The number of nitrogens with one attached hydrogen (secondary N) is 2. The topological polar surface area (TPSA) is 67.4 Å². The number of furan rings is 1. The Morgan fingerprint density at radius 1 is 1.19 bits per heavy atom. The Morgan fingerprint density at radius 2 is 2.07 bits per heavy atom. The maximum Gasteiger partial charge on any atom is 0.191 e. The van der Waals surface area contributed by atoms with E-state index < -0.39 is 0 Å². The van der Waals surface area contributed by atoms with Crippen molar-refractivity contribution in [1.82, 2.24) is 20.4 Å². The van der Waals surface area contributed by atoms with Gasteiger partial charge < -0.3 is 15.1 Å². The zero-order chi connectivity index (χ0) is 18.7. The van der Waals surface area contributed by atoms with Crippen molar-refractivity contribution in [2.75, 3.05) is 13.1 Å². The number of hydrogen-bond donors (Lipinski definition) is 2. The molecule has 0 radical (unpaired) electrons. The molecule has 0 bridgehead atoms. The summed E-state index contributed by atoms with van der Waals surface area (Å²) >= 11 is 0. The minimum atomic E-state index is 0.173. The molecule has 6 nitrogen and oxygen atoms in total. The lowest BCUT2D eigenvalue weighted by molar-refractivity contribution is 0.506. The molecule has 0 fully saturated rings. The van der Waals surface area contributed by atoms with Gasteiger partial charge in [0.25, 0.3) is 0 Å². The van der Waals surface area contributed by atoms with Gasteiger partial charge in [-0.25, -0.2) is 0 Å². The van der Waals surface area contributed by atoms with Crippen LogP contribution in [0.5, 0.6) is 0 Å². The van der Waals surface area contributed by atoms with Crippen molar-refractivity contribution in [1.29, 1.82) is 0 Å². The lowest BCUT2D eigenvalue weighted by Gasteiger charge is -2.18. The standard InChI is InChI=1S/C21H27N5O/c1-18(19-8-3-2-4-9-19)25-21(23-14-11-20-10-5-17-27-20)22-12-6-15-26-16-7-13-24-26/h2-5,7-10,13,16-18H,6,11-12,14-15H2,1H3,(H2,22,23,25). The number of hydrogen-bond acceptors (Lipinski definition) is 3. The van der Waals surface area contributed by atoms with E-state index in [4.69, 9.17) is 9.41 Å². The maximum absolute atomic E-state index is 5.40. The summed E-state index contributed by atoms with van der Waals surface area (Å²) in [6.45, 7) is 4.50. The molecule has 0 aliphatic carbocycles. The van der Waals surface area contributed by atoms with E-state index in [1.54, 1.807) is 12.5 Å². The molecule has 0 aliphatic heterocycles. The molecule has 2 heterocycles. The van der Waals surface area contributed by atoms with Gasteiger partial charge in [0.15, 0.2) is 5.96 Å². The van der Waals surface area contributed by atoms with Crippen LogP contribution < -0.4 is 10.6 Å². The van der Waals surface area contributed by atoms with E-state index in [0.29, 0.717) is 0 Å². The third kappa shape index (κ3) is 6.33. The normalized spacial score (nSPS) is 12.7. The van der Waals surface area contributed by atoms with E-state index in [-0.39, 0.29) is 6.04 Å². The Balaban J connectivity index is 1.53. The summed E-state index contributed by atoms with van der Waals surface area (Å²) in [4.78, 5) is 4.73. The lowest BCUT2D eigenvalue weighted by Crippen LogP contribution is -2.40. The summed E-state index contributed by atoms with van der Waals surface area (Å²) in [7, 11) is 0. The van der Waals surface area contributed by atoms with Gasteiger partial charge in [0.2, 0.25) is 0 Å². The van der Waals surface area contributed by atoms with Crippen molar-refractivity contribution in [2.24, 2.45) is 4.99 Å². The zero-order valence-electron chi connectivity index (χ0n) is 15.7. The maximum atomic E-state index is 5.40. The highest BCUT2D eigenvalue weighted by Crippen LogP contribution is 2.10. The molecular formula is C21H27N5O. The molecule has 1 aromatic carbocycles. The average Bonchev–Trinajstić information content (AvgIpc) is 3.40. The average molecular weight is 365 g/mol. The molecule has 3 rings (SSSR count). The molecule has 3 aromatic rings. The SMILES string of the molecule is CC(NC(=NCCCn1cccn1)NCCc1ccco1)c1ccccc1. The number of rotatable bonds is 9. The summed E-state index contributed by atoms with van der Waals surface area (Å²) in [6.07, 6.45) is 7.23. The van der Waals surface area contributed by atoms with Gasteiger partial charge in [0.1, 0.15) is 5.76 Å². The first-order valence-corrected chi connectivity index (χ1v) is 9.41. The van der Waals surface area contributed by atoms with Crippen LogP contribution in [0.4, 0.5) is 0 Å². The second kappa shape index (κ2) is 10.2. The monoisotopic (exact) mass is 365 g/mol. The summed E-state index contributed by atoms with van der Waals surface area (Å²) < 4.78 is 7.33. The minimum absolute atomic E-state index is 0.173. The second-order valence-electron chi connectivity index (χ2n) is 6.39. The largest absolute Gasteiger partial charge is 0.469 e. The molecule has 142 valence electrons. The third-order valence-corrected chi connectivity index (χ3v) is 4.27. The number of nitrogens with zero attached hydrogens (tertiary/aromatic N) is 3. The van der Waals surface area contributed by atoms with Crippen molar-refractivity contribution in [3.63, 3.8) is 0 Å². The first-order chi connectivity index (χ1) is 13.3. The molecule has 0 aliphatic rings. The highest BCUT2D eigenvalue weighted by atomic mass is 16.3. The summed E-state index contributed by atoms with van der Waals surface area (Å²) in [5.74, 6) is 1.79. The fraction of sp³-hybridized carbons (Fsp3) is 0.333. The first kappa shape index (κ1) is 18.8.